The third-order valence-corrected chi connectivity index (χ3v) is 4.74. The summed E-state index contributed by atoms with van der Waals surface area (Å²) in [5, 5.41) is 0. The van der Waals surface area contributed by atoms with Crippen LogP contribution in [0.2, 0.25) is 0 Å². The number of ether oxygens (including phenoxy) is 1. The Kier molecular flexibility index (Phi) is 3.91. The molecule has 1 saturated carbocycles. The van der Waals surface area contributed by atoms with Gasteiger partial charge in [0.2, 0.25) is 0 Å². The first-order valence-electron chi connectivity index (χ1n) is 7.06. The molecule has 2 N–H and O–H groups in total. The van der Waals surface area contributed by atoms with Gasteiger partial charge in [0.25, 0.3) is 0 Å². The molecule has 2 heteroatoms. The molecule has 2 fully saturated rings. The molecule has 2 aliphatic rings. The molecular formula is C14H27NO. The summed E-state index contributed by atoms with van der Waals surface area (Å²) in [5.41, 5.74) is 6.68. The number of hydrogen-bond donors (Lipinski definition) is 1. The van der Waals surface area contributed by atoms with Crippen LogP contribution < -0.4 is 5.73 Å². The van der Waals surface area contributed by atoms with Crippen molar-refractivity contribution in [3.05, 3.63) is 0 Å². The molecule has 1 spiro atoms. The zero-order valence-electron chi connectivity index (χ0n) is 10.9. The second-order valence-electron chi connectivity index (χ2n) is 5.98. The maximum Gasteiger partial charge on any atom is 0.0685 e. The van der Waals surface area contributed by atoms with Crippen molar-refractivity contribution in [1.29, 1.82) is 0 Å². The van der Waals surface area contributed by atoms with Gasteiger partial charge in [-0.1, -0.05) is 20.3 Å². The van der Waals surface area contributed by atoms with Gasteiger partial charge < -0.3 is 10.5 Å². The van der Waals surface area contributed by atoms with E-state index in [1.807, 2.05) is 0 Å². The second kappa shape index (κ2) is 5.05. The van der Waals surface area contributed by atoms with Crippen molar-refractivity contribution in [1.82, 2.24) is 0 Å². The first kappa shape index (κ1) is 12.4. The van der Waals surface area contributed by atoms with E-state index < -0.39 is 0 Å². The highest BCUT2D eigenvalue weighted by Gasteiger charge is 2.44. The van der Waals surface area contributed by atoms with Crippen LogP contribution in [0.3, 0.4) is 0 Å². The Hall–Kier alpha value is -0.0800. The van der Waals surface area contributed by atoms with Crippen molar-refractivity contribution in [2.75, 3.05) is 6.61 Å². The van der Waals surface area contributed by atoms with Gasteiger partial charge in [-0.05, 0) is 50.4 Å². The molecule has 3 unspecified atom stereocenters. The molecule has 0 aromatic carbocycles. The SMILES string of the molecule is CCCC(C)C(N)C1CCOC2(CCC2)C1. The maximum absolute atomic E-state index is 6.42. The van der Waals surface area contributed by atoms with Crippen LogP contribution in [0.15, 0.2) is 0 Å². The molecule has 0 radical (unpaired) electrons. The Bertz CT molecular complexity index is 225. The minimum Gasteiger partial charge on any atom is -0.375 e. The molecule has 1 aliphatic heterocycles. The van der Waals surface area contributed by atoms with Crippen LogP contribution in [0.4, 0.5) is 0 Å². The number of nitrogens with two attached hydrogens (primary N) is 1. The lowest BCUT2D eigenvalue weighted by Gasteiger charge is -2.49. The van der Waals surface area contributed by atoms with Gasteiger partial charge in [-0.15, -0.1) is 0 Å². The standard InChI is InChI=1S/C14H27NO/c1-3-5-11(2)13(15)12-6-9-16-14(10-12)7-4-8-14/h11-13H,3-10,15H2,1-2H3. The van der Waals surface area contributed by atoms with E-state index in [0.29, 0.717) is 17.9 Å². The summed E-state index contributed by atoms with van der Waals surface area (Å²) in [4.78, 5) is 0. The Morgan fingerprint density at radius 1 is 1.44 bits per heavy atom. The zero-order chi connectivity index (χ0) is 11.6. The van der Waals surface area contributed by atoms with Crippen LogP contribution in [0.5, 0.6) is 0 Å². The van der Waals surface area contributed by atoms with Crippen LogP contribution in [0.25, 0.3) is 0 Å². The van der Waals surface area contributed by atoms with Crippen molar-refractivity contribution in [3.63, 3.8) is 0 Å². The fraction of sp³-hybridized carbons (Fsp3) is 1.00. The quantitative estimate of drug-likeness (QED) is 0.798. The van der Waals surface area contributed by atoms with E-state index in [-0.39, 0.29) is 5.60 Å². The molecule has 16 heavy (non-hydrogen) atoms. The van der Waals surface area contributed by atoms with Gasteiger partial charge in [0, 0.05) is 12.6 Å². The molecule has 2 rings (SSSR count). The lowest BCUT2D eigenvalue weighted by atomic mass is 9.69. The smallest absolute Gasteiger partial charge is 0.0685 e. The number of hydrogen-bond acceptors (Lipinski definition) is 2. The van der Waals surface area contributed by atoms with E-state index in [1.54, 1.807) is 0 Å². The zero-order valence-corrected chi connectivity index (χ0v) is 10.9. The summed E-state index contributed by atoms with van der Waals surface area (Å²) < 4.78 is 5.97. The van der Waals surface area contributed by atoms with Crippen LogP contribution >= 0.6 is 0 Å². The minimum absolute atomic E-state index is 0.256. The van der Waals surface area contributed by atoms with E-state index in [0.717, 1.165) is 6.61 Å². The minimum atomic E-state index is 0.256. The Morgan fingerprint density at radius 2 is 2.19 bits per heavy atom. The van der Waals surface area contributed by atoms with Gasteiger partial charge in [-0.3, -0.25) is 0 Å². The van der Waals surface area contributed by atoms with Crippen LogP contribution in [0, 0.1) is 11.8 Å². The van der Waals surface area contributed by atoms with Gasteiger partial charge in [-0.2, -0.15) is 0 Å². The monoisotopic (exact) mass is 225 g/mol. The van der Waals surface area contributed by atoms with Crippen molar-refractivity contribution in [2.45, 2.75) is 70.4 Å². The summed E-state index contributed by atoms with van der Waals surface area (Å²) in [6.07, 6.45) is 8.83. The molecule has 94 valence electrons. The summed E-state index contributed by atoms with van der Waals surface area (Å²) in [6, 6.07) is 0.390. The Morgan fingerprint density at radius 3 is 2.75 bits per heavy atom. The molecule has 0 amide bonds. The van der Waals surface area contributed by atoms with E-state index >= 15 is 0 Å². The third kappa shape index (κ3) is 2.43. The van der Waals surface area contributed by atoms with Gasteiger partial charge in [0.15, 0.2) is 0 Å². The highest BCUT2D eigenvalue weighted by Crippen LogP contribution is 2.45. The molecule has 0 aromatic heterocycles. The topological polar surface area (TPSA) is 35.2 Å². The first-order valence-corrected chi connectivity index (χ1v) is 7.06. The second-order valence-corrected chi connectivity index (χ2v) is 5.98. The van der Waals surface area contributed by atoms with Crippen molar-refractivity contribution >= 4 is 0 Å². The molecule has 1 saturated heterocycles. The van der Waals surface area contributed by atoms with E-state index in [9.17, 15) is 0 Å². The molecule has 1 aliphatic carbocycles. The molecular weight excluding hydrogens is 198 g/mol. The Labute approximate surface area is 99.9 Å². The fourth-order valence-corrected chi connectivity index (χ4v) is 3.43. The molecule has 1 heterocycles. The average molecular weight is 225 g/mol. The maximum atomic E-state index is 6.42. The van der Waals surface area contributed by atoms with Gasteiger partial charge >= 0.3 is 0 Å². The summed E-state index contributed by atoms with van der Waals surface area (Å²) in [7, 11) is 0. The van der Waals surface area contributed by atoms with Crippen LogP contribution in [0.1, 0.15) is 58.8 Å². The normalized spacial score (nSPS) is 32.1. The highest BCUT2D eigenvalue weighted by atomic mass is 16.5. The lowest BCUT2D eigenvalue weighted by Crippen LogP contribution is -2.50. The first-order chi connectivity index (χ1) is 7.67. The van der Waals surface area contributed by atoms with Crippen LogP contribution in [-0.4, -0.2) is 18.2 Å². The van der Waals surface area contributed by atoms with E-state index in [2.05, 4.69) is 13.8 Å². The summed E-state index contributed by atoms with van der Waals surface area (Å²) >= 11 is 0. The molecule has 2 nitrogen and oxygen atoms in total. The summed E-state index contributed by atoms with van der Waals surface area (Å²) in [5.74, 6) is 1.38. The average Bonchev–Trinajstić information content (AvgIpc) is 2.26. The third-order valence-electron chi connectivity index (χ3n) is 4.74. The predicted molar refractivity (Wildman–Crippen MR) is 67.3 cm³/mol. The van der Waals surface area contributed by atoms with Gasteiger partial charge in [0.05, 0.1) is 5.60 Å². The van der Waals surface area contributed by atoms with Crippen LogP contribution in [-0.2, 0) is 4.74 Å². The number of rotatable bonds is 4. The summed E-state index contributed by atoms with van der Waals surface area (Å²) in [6.45, 7) is 5.51. The molecule has 0 aromatic rings. The predicted octanol–water partition coefficient (Wildman–Crippen LogP) is 3.10. The van der Waals surface area contributed by atoms with E-state index in [4.69, 9.17) is 10.5 Å². The largest absolute Gasteiger partial charge is 0.375 e. The molecule has 3 atom stereocenters. The highest BCUT2D eigenvalue weighted by molar-refractivity contribution is 4.96. The van der Waals surface area contributed by atoms with Gasteiger partial charge in [0.1, 0.15) is 0 Å². The fourth-order valence-electron chi connectivity index (χ4n) is 3.43. The van der Waals surface area contributed by atoms with Gasteiger partial charge in [-0.25, -0.2) is 0 Å². The molecule has 0 bridgehead atoms. The van der Waals surface area contributed by atoms with Crippen molar-refractivity contribution < 1.29 is 4.74 Å². The van der Waals surface area contributed by atoms with Crippen molar-refractivity contribution in [3.8, 4) is 0 Å². The Balaban J connectivity index is 1.88. The van der Waals surface area contributed by atoms with E-state index in [1.165, 1.54) is 44.9 Å². The lowest BCUT2D eigenvalue weighted by molar-refractivity contribution is -0.147. The van der Waals surface area contributed by atoms with Crippen molar-refractivity contribution in [2.24, 2.45) is 17.6 Å².